The molecule has 1 atom stereocenters. The Kier molecular flexibility index (Phi) is 9.02. The Morgan fingerprint density at radius 3 is 2.23 bits per heavy atom. The largest absolute Gasteiger partial charge is 1.00 e. The van der Waals surface area contributed by atoms with Crippen molar-refractivity contribution in [1.82, 2.24) is 5.32 Å². The van der Waals surface area contributed by atoms with Gasteiger partial charge >= 0.3 is 26.5 Å². The normalized spacial score (nSPS) is 16.6. The summed E-state index contributed by atoms with van der Waals surface area (Å²) in [5.74, 6) is 0.749. The summed E-state index contributed by atoms with van der Waals surface area (Å²) in [6, 6.07) is 12.9. The molecule has 30 heavy (non-hydrogen) atoms. The van der Waals surface area contributed by atoms with E-state index in [9.17, 15) is 24.6 Å². The van der Waals surface area contributed by atoms with Crippen molar-refractivity contribution in [3.05, 3.63) is 54.1 Å². The Hall–Kier alpha value is -1.29. The number of rotatable bonds is 9. The Balaban J connectivity index is 0.00000240. The van der Waals surface area contributed by atoms with Crippen LogP contribution in [0.1, 0.15) is 32.7 Å². The molecule has 7 nitrogen and oxygen atoms in total. The molecule has 1 aliphatic rings. The summed E-state index contributed by atoms with van der Waals surface area (Å²) in [5.41, 5.74) is 0.870. The molecule has 0 aliphatic heterocycles. The van der Waals surface area contributed by atoms with E-state index in [0.29, 0.717) is 12.3 Å². The van der Waals surface area contributed by atoms with Crippen LogP contribution < -0.4 is 34.2 Å². The zero-order chi connectivity index (χ0) is 20.9. The van der Waals surface area contributed by atoms with Crippen molar-refractivity contribution in [3.8, 4) is 11.5 Å². The van der Waals surface area contributed by atoms with Crippen molar-refractivity contribution in [1.29, 1.82) is 0 Å². The molecule has 0 saturated heterocycles. The van der Waals surface area contributed by atoms with E-state index >= 15 is 0 Å². The monoisotopic (exact) mass is 429 g/mol. The third kappa shape index (κ3) is 7.14. The molecule has 0 spiro atoms. The fourth-order valence-electron chi connectivity index (χ4n) is 3.79. The number of β-amino-alcohol motifs (C(OH)–C–C–N with tert-alkyl or cyclic N) is 1. The van der Waals surface area contributed by atoms with Crippen molar-refractivity contribution in [3.63, 3.8) is 0 Å². The van der Waals surface area contributed by atoms with Gasteiger partial charge in [0.25, 0.3) is 0 Å². The van der Waals surface area contributed by atoms with Gasteiger partial charge < -0.3 is 31.5 Å². The minimum atomic E-state index is -4.23. The first-order valence-electron chi connectivity index (χ1n) is 9.76. The number of ether oxygens (including phenoxy) is 1. The van der Waals surface area contributed by atoms with Crippen LogP contribution in [0, 0.1) is 0 Å². The van der Waals surface area contributed by atoms with Gasteiger partial charge in [-0.1, -0.05) is 25.0 Å². The quantitative estimate of drug-likeness (QED) is 0.262. The minimum absolute atomic E-state index is 0. The smallest absolute Gasteiger partial charge is 1.00 e. The molecule has 160 valence electrons. The summed E-state index contributed by atoms with van der Waals surface area (Å²) in [6.45, 7) is 0.531. The molecular formula is C21H29LiNO6P. The zero-order valence-electron chi connectivity index (χ0n) is 18.2. The molecule has 0 radical (unpaired) electrons. The predicted molar refractivity (Wildman–Crippen MR) is 112 cm³/mol. The van der Waals surface area contributed by atoms with Gasteiger partial charge in [0.15, 0.2) is 0 Å². The molecule has 1 aliphatic carbocycles. The Bertz CT molecular complexity index is 840. The molecule has 0 aromatic heterocycles. The second kappa shape index (κ2) is 10.8. The van der Waals surface area contributed by atoms with E-state index in [2.05, 4.69) is 5.32 Å². The van der Waals surface area contributed by atoms with Crippen LogP contribution in [-0.2, 0) is 11.0 Å². The number of phenolic OH excluding ortho intramolecular Hbond substituents is 1. The van der Waals surface area contributed by atoms with Crippen LogP contribution in [0.25, 0.3) is 0 Å². The fraction of sp³-hybridized carbons (Fsp3) is 0.429. The van der Waals surface area contributed by atoms with Gasteiger partial charge in [-0.15, -0.1) is 0 Å². The molecule has 2 aromatic rings. The SMILES string of the molecule is O=P(O)(O)c1ccc(CC2(NCC(O)COc3ccc(O)cc3)CCCC2)cc1.[H-].[Li+]. The summed E-state index contributed by atoms with van der Waals surface area (Å²) in [4.78, 5) is 18.5. The van der Waals surface area contributed by atoms with E-state index in [0.717, 1.165) is 37.7 Å². The molecular weight excluding hydrogens is 400 g/mol. The van der Waals surface area contributed by atoms with Gasteiger partial charge in [-0.05, 0) is 61.2 Å². The predicted octanol–water partition coefficient (Wildman–Crippen LogP) is -0.803. The van der Waals surface area contributed by atoms with Gasteiger partial charge in [-0.25, -0.2) is 0 Å². The fourth-order valence-corrected chi connectivity index (χ4v) is 4.33. The van der Waals surface area contributed by atoms with Crippen LogP contribution in [0.15, 0.2) is 48.5 Å². The van der Waals surface area contributed by atoms with E-state index in [4.69, 9.17) is 4.74 Å². The summed E-state index contributed by atoms with van der Waals surface area (Å²) in [7, 11) is -4.23. The first kappa shape index (κ1) is 25.0. The van der Waals surface area contributed by atoms with Crippen molar-refractivity contribution in [2.45, 2.75) is 43.7 Å². The number of phenols is 1. The van der Waals surface area contributed by atoms with Gasteiger partial charge in [0.05, 0.1) is 5.30 Å². The van der Waals surface area contributed by atoms with Crippen LogP contribution in [0.2, 0.25) is 0 Å². The van der Waals surface area contributed by atoms with E-state index in [1.54, 1.807) is 24.3 Å². The number of benzene rings is 2. The standard InChI is InChI=1S/C21H28NO6P.Li.H/c23-17-5-7-19(8-6-17)28-15-18(24)14-22-21(11-1-2-12-21)13-16-3-9-20(10-4-16)29(25,26)27;;/h3-10,18,22-24H,1-2,11-15H2,(H2,25,26,27);;/q;+1;-1. The van der Waals surface area contributed by atoms with Gasteiger partial charge in [0.1, 0.15) is 24.2 Å². The van der Waals surface area contributed by atoms with Crippen molar-refractivity contribution >= 4 is 12.9 Å². The van der Waals surface area contributed by atoms with E-state index in [-0.39, 0.29) is 43.5 Å². The maximum atomic E-state index is 11.3. The Labute approximate surface area is 190 Å². The van der Waals surface area contributed by atoms with Crippen LogP contribution >= 0.6 is 7.60 Å². The molecule has 3 rings (SSSR count). The van der Waals surface area contributed by atoms with Crippen LogP contribution in [0.3, 0.4) is 0 Å². The minimum Gasteiger partial charge on any atom is -1.00 e. The van der Waals surface area contributed by atoms with Crippen molar-refractivity contribution < 1.29 is 49.6 Å². The van der Waals surface area contributed by atoms with Crippen LogP contribution in [0.5, 0.6) is 11.5 Å². The molecule has 5 N–H and O–H groups in total. The van der Waals surface area contributed by atoms with Crippen molar-refractivity contribution in [2.75, 3.05) is 13.2 Å². The first-order valence-corrected chi connectivity index (χ1v) is 11.4. The van der Waals surface area contributed by atoms with Gasteiger partial charge in [-0.2, -0.15) is 0 Å². The molecule has 2 aromatic carbocycles. The maximum absolute atomic E-state index is 11.3. The van der Waals surface area contributed by atoms with E-state index < -0.39 is 13.7 Å². The summed E-state index contributed by atoms with van der Waals surface area (Å²) in [5, 5.41) is 23.1. The number of hydrogen-bond donors (Lipinski definition) is 5. The van der Waals surface area contributed by atoms with Crippen molar-refractivity contribution in [2.24, 2.45) is 0 Å². The maximum Gasteiger partial charge on any atom is 1.00 e. The third-order valence-electron chi connectivity index (χ3n) is 5.37. The second-order valence-electron chi connectivity index (χ2n) is 7.71. The molecule has 0 amide bonds. The number of aromatic hydroxyl groups is 1. The Morgan fingerprint density at radius 2 is 1.67 bits per heavy atom. The first-order chi connectivity index (χ1) is 13.8. The number of aliphatic hydroxyl groups is 1. The summed E-state index contributed by atoms with van der Waals surface area (Å²) >= 11 is 0. The Morgan fingerprint density at radius 1 is 1.07 bits per heavy atom. The number of nitrogens with one attached hydrogen (secondary N) is 1. The summed E-state index contributed by atoms with van der Waals surface area (Å²) < 4.78 is 16.9. The number of aliphatic hydroxyl groups excluding tert-OH is 1. The van der Waals surface area contributed by atoms with Crippen LogP contribution in [0.4, 0.5) is 0 Å². The number of hydrogen-bond acceptors (Lipinski definition) is 5. The van der Waals surface area contributed by atoms with Gasteiger partial charge in [0.2, 0.25) is 0 Å². The summed E-state index contributed by atoms with van der Waals surface area (Å²) in [6.07, 6.45) is 4.23. The molecule has 9 heteroatoms. The second-order valence-corrected chi connectivity index (χ2v) is 9.32. The van der Waals surface area contributed by atoms with E-state index in [1.165, 1.54) is 24.3 Å². The third-order valence-corrected chi connectivity index (χ3v) is 6.34. The topological polar surface area (TPSA) is 119 Å². The van der Waals surface area contributed by atoms with Crippen LogP contribution in [-0.4, -0.2) is 44.8 Å². The van der Waals surface area contributed by atoms with Gasteiger partial charge in [0, 0.05) is 12.1 Å². The van der Waals surface area contributed by atoms with Gasteiger partial charge in [-0.3, -0.25) is 4.57 Å². The molecule has 0 bridgehead atoms. The average Bonchev–Trinajstić information content (AvgIpc) is 3.14. The zero-order valence-corrected chi connectivity index (χ0v) is 18.1. The average molecular weight is 429 g/mol. The van der Waals surface area contributed by atoms with E-state index in [1.807, 2.05) is 0 Å². The molecule has 1 unspecified atom stereocenters. The molecule has 1 fully saturated rings. The molecule has 0 heterocycles. The molecule has 1 saturated carbocycles.